The van der Waals surface area contributed by atoms with Gasteiger partial charge in [-0.2, -0.15) is 17.9 Å². The van der Waals surface area contributed by atoms with Crippen LogP contribution in [0.5, 0.6) is 0 Å². The molecule has 0 amide bonds. The molecule has 5 nitrogen and oxygen atoms in total. The Hall–Kier alpha value is -1.32. The van der Waals surface area contributed by atoms with E-state index in [1.54, 1.807) is 4.72 Å². The molecule has 0 aliphatic carbocycles. The van der Waals surface area contributed by atoms with E-state index in [2.05, 4.69) is 0 Å². The Bertz CT molecular complexity index is 673. The predicted octanol–water partition coefficient (Wildman–Crippen LogP) is 2.75. The standard InChI is InChI=1S/C12H13ClF3NO4S/c1-6(2)10(11(18)19)17-22(20,21)9-5-7(13)3-4-8(9)12(14,15)16/h3-6,10,17H,1-2H3,(H,18,19)/t10-/m0/s1. The van der Waals surface area contributed by atoms with Crippen LogP contribution in [-0.2, 0) is 21.0 Å². The van der Waals surface area contributed by atoms with Gasteiger partial charge in [-0.05, 0) is 24.1 Å². The molecule has 0 unspecified atom stereocenters. The van der Waals surface area contributed by atoms with Crippen molar-refractivity contribution in [2.75, 3.05) is 0 Å². The van der Waals surface area contributed by atoms with Gasteiger partial charge in [-0.3, -0.25) is 4.79 Å². The largest absolute Gasteiger partial charge is 0.480 e. The zero-order valence-electron chi connectivity index (χ0n) is 11.5. The van der Waals surface area contributed by atoms with Crippen molar-refractivity contribution in [3.05, 3.63) is 28.8 Å². The zero-order valence-corrected chi connectivity index (χ0v) is 13.1. The third kappa shape index (κ3) is 4.34. The quantitative estimate of drug-likeness (QED) is 0.846. The molecule has 124 valence electrons. The Morgan fingerprint density at radius 3 is 2.27 bits per heavy atom. The van der Waals surface area contributed by atoms with E-state index in [0.29, 0.717) is 12.1 Å². The number of hydrogen-bond donors (Lipinski definition) is 2. The number of aliphatic carboxylic acids is 1. The van der Waals surface area contributed by atoms with Gasteiger partial charge >= 0.3 is 12.1 Å². The number of carboxylic acids is 1. The van der Waals surface area contributed by atoms with Crippen LogP contribution in [0, 0.1) is 5.92 Å². The number of alkyl halides is 3. The lowest BCUT2D eigenvalue weighted by molar-refractivity contribution is -0.140. The van der Waals surface area contributed by atoms with Crippen LogP contribution in [0.2, 0.25) is 5.02 Å². The van der Waals surface area contributed by atoms with Gasteiger partial charge in [0.25, 0.3) is 0 Å². The summed E-state index contributed by atoms with van der Waals surface area (Å²) in [5.74, 6) is -2.16. The smallest absolute Gasteiger partial charge is 0.417 e. The summed E-state index contributed by atoms with van der Waals surface area (Å²) in [6.45, 7) is 2.84. The average Bonchev–Trinajstić information content (AvgIpc) is 2.33. The Morgan fingerprint density at radius 2 is 1.86 bits per heavy atom. The Balaban J connectivity index is 3.40. The Labute approximate surface area is 130 Å². The van der Waals surface area contributed by atoms with E-state index >= 15 is 0 Å². The van der Waals surface area contributed by atoms with E-state index in [4.69, 9.17) is 16.7 Å². The summed E-state index contributed by atoms with van der Waals surface area (Å²) in [6.07, 6.45) is -4.93. The first-order valence-electron chi connectivity index (χ1n) is 5.98. The van der Waals surface area contributed by atoms with Crippen molar-refractivity contribution in [1.29, 1.82) is 0 Å². The number of carboxylic acid groups (broad SMARTS) is 1. The van der Waals surface area contributed by atoms with E-state index in [9.17, 15) is 26.4 Å². The Kier molecular flexibility index (Phi) is 5.47. The summed E-state index contributed by atoms with van der Waals surface area (Å²) in [6, 6.07) is 0.499. The fourth-order valence-electron chi connectivity index (χ4n) is 1.65. The average molecular weight is 360 g/mol. The molecule has 0 radical (unpaired) electrons. The molecule has 0 aromatic heterocycles. The number of hydrogen-bond acceptors (Lipinski definition) is 3. The molecular formula is C12H13ClF3NO4S. The second-order valence-corrected chi connectivity index (χ2v) is 6.94. The van der Waals surface area contributed by atoms with Gasteiger partial charge in [0, 0.05) is 5.02 Å². The third-order valence-corrected chi connectivity index (χ3v) is 4.47. The predicted molar refractivity (Wildman–Crippen MR) is 73.0 cm³/mol. The minimum atomic E-state index is -4.93. The van der Waals surface area contributed by atoms with Crippen LogP contribution >= 0.6 is 11.6 Å². The minimum Gasteiger partial charge on any atom is -0.480 e. The number of rotatable bonds is 5. The van der Waals surface area contributed by atoms with Crippen LogP contribution in [-0.4, -0.2) is 25.5 Å². The van der Waals surface area contributed by atoms with Gasteiger partial charge in [0.1, 0.15) is 6.04 Å². The van der Waals surface area contributed by atoms with Gasteiger partial charge in [-0.1, -0.05) is 25.4 Å². The summed E-state index contributed by atoms with van der Waals surface area (Å²) in [5.41, 5.74) is -1.42. The molecule has 1 rings (SSSR count). The molecule has 1 atom stereocenters. The van der Waals surface area contributed by atoms with E-state index in [1.807, 2.05) is 0 Å². The monoisotopic (exact) mass is 359 g/mol. The molecule has 22 heavy (non-hydrogen) atoms. The molecule has 0 spiro atoms. The van der Waals surface area contributed by atoms with Crippen LogP contribution in [0.1, 0.15) is 19.4 Å². The van der Waals surface area contributed by atoms with E-state index in [0.717, 1.165) is 6.07 Å². The highest BCUT2D eigenvalue weighted by atomic mass is 35.5. The van der Waals surface area contributed by atoms with Gasteiger partial charge < -0.3 is 5.11 Å². The van der Waals surface area contributed by atoms with E-state index < -0.39 is 44.6 Å². The van der Waals surface area contributed by atoms with Crippen LogP contribution in [0.15, 0.2) is 23.1 Å². The molecule has 0 fully saturated rings. The first-order valence-corrected chi connectivity index (χ1v) is 7.84. The fraction of sp³-hybridized carbons (Fsp3) is 0.417. The number of sulfonamides is 1. The maximum atomic E-state index is 12.9. The first-order chi connectivity index (χ1) is 9.86. The fourth-order valence-corrected chi connectivity index (χ4v) is 3.48. The lowest BCUT2D eigenvalue weighted by Gasteiger charge is -2.20. The van der Waals surface area contributed by atoms with Crippen molar-refractivity contribution < 1.29 is 31.5 Å². The zero-order chi connectivity index (χ0) is 17.3. The molecule has 0 saturated heterocycles. The number of halogens is 4. The lowest BCUT2D eigenvalue weighted by atomic mass is 10.1. The molecule has 1 aromatic carbocycles. The molecule has 0 heterocycles. The molecule has 10 heteroatoms. The summed E-state index contributed by atoms with van der Waals surface area (Å²) in [5, 5.41) is 8.74. The minimum absolute atomic E-state index is 0.218. The number of nitrogens with one attached hydrogen (secondary N) is 1. The van der Waals surface area contributed by atoms with Gasteiger partial charge in [-0.15, -0.1) is 0 Å². The maximum Gasteiger partial charge on any atom is 0.417 e. The highest BCUT2D eigenvalue weighted by Gasteiger charge is 2.38. The summed E-state index contributed by atoms with van der Waals surface area (Å²) >= 11 is 5.56. The van der Waals surface area contributed by atoms with Gasteiger partial charge in [0.2, 0.25) is 10.0 Å². The second-order valence-electron chi connectivity index (χ2n) is 4.82. The normalized spacial score (nSPS) is 14.1. The van der Waals surface area contributed by atoms with Crippen molar-refractivity contribution in [2.24, 2.45) is 5.92 Å². The highest BCUT2D eigenvalue weighted by Crippen LogP contribution is 2.35. The van der Waals surface area contributed by atoms with E-state index in [1.165, 1.54) is 13.8 Å². The molecule has 2 N–H and O–H groups in total. The lowest BCUT2D eigenvalue weighted by Crippen LogP contribution is -2.44. The number of benzene rings is 1. The molecule has 0 bridgehead atoms. The van der Waals surface area contributed by atoms with Crippen molar-refractivity contribution in [3.63, 3.8) is 0 Å². The second kappa shape index (κ2) is 6.43. The molecule has 0 aliphatic heterocycles. The first kappa shape index (κ1) is 18.7. The topological polar surface area (TPSA) is 83.5 Å². The summed E-state index contributed by atoms with van der Waals surface area (Å²) < 4.78 is 64.8. The van der Waals surface area contributed by atoms with Crippen LogP contribution in [0.25, 0.3) is 0 Å². The van der Waals surface area contributed by atoms with Gasteiger partial charge in [0.05, 0.1) is 10.5 Å². The van der Waals surface area contributed by atoms with Crippen molar-refractivity contribution >= 4 is 27.6 Å². The molecule has 1 aromatic rings. The van der Waals surface area contributed by atoms with E-state index in [-0.39, 0.29) is 5.02 Å². The van der Waals surface area contributed by atoms with Crippen LogP contribution < -0.4 is 4.72 Å². The Morgan fingerprint density at radius 1 is 1.32 bits per heavy atom. The number of carbonyl (C=O) groups is 1. The summed E-state index contributed by atoms with van der Waals surface area (Å²) in [4.78, 5) is 9.91. The summed E-state index contributed by atoms with van der Waals surface area (Å²) in [7, 11) is -4.72. The molecular weight excluding hydrogens is 347 g/mol. The van der Waals surface area contributed by atoms with Crippen LogP contribution in [0.4, 0.5) is 13.2 Å². The van der Waals surface area contributed by atoms with Crippen molar-refractivity contribution in [3.8, 4) is 0 Å². The van der Waals surface area contributed by atoms with Crippen molar-refractivity contribution in [2.45, 2.75) is 31.0 Å². The maximum absolute atomic E-state index is 12.9. The van der Waals surface area contributed by atoms with Crippen molar-refractivity contribution in [1.82, 2.24) is 4.72 Å². The highest BCUT2D eigenvalue weighted by molar-refractivity contribution is 7.89. The van der Waals surface area contributed by atoms with Crippen LogP contribution in [0.3, 0.4) is 0 Å². The SMILES string of the molecule is CC(C)[C@H](NS(=O)(=O)c1cc(Cl)ccc1C(F)(F)F)C(=O)O. The molecule has 0 saturated carbocycles. The third-order valence-electron chi connectivity index (χ3n) is 2.75. The molecule has 0 aliphatic rings. The van der Waals surface area contributed by atoms with Gasteiger partial charge in [0.15, 0.2) is 0 Å². The van der Waals surface area contributed by atoms with Gasteiger partial charge in [-0.25, -0.2) is 8.42 Å².